The minimum atomic E-state index is 0.655. The molecule has 0 fully saturated rings. The maximum atomic E-state index is 4.50. The Morgan fingerprint density at radius 3 is 2.95 bits per heavy atom. The molecule has 3 aromatic heterocycles. The number of nitrogens with one attached hydrogen (secondary N) is 1. The Balaban J connectivity index is 2.04. The summed E-state index contributed by atoms with van der Waals surface area (Å²) in [7, 11) is 0. The lowest BCUT2D eigenvalue weighted by Crippen LogP contribution is -1.87. The Hall–Kier alpha value is -2.34. The number of pyridine rings is 1. The maximum absolute atomic E-state index is 4.50. The molecule has 1 aromatic carbocycles. The average Bonchev–Trinajstić information content (AvgIpc) is 2.91. The summed E-state index contributed by atoms with van der Waals surface area (Å²) in [5, 5.41) is 1.05. The molecule has 0 bridgehead atoms. The lowest BCUT2D eigenvalue weighted by Gasteiger charge is -2.04. The summed E-state index contributed by atoms with van der Waals surface area (Å²) in [5.41, 5.74) is 3.31. The van der Waals surface area contributed by atoms with Crippen LogP contribution >= 0.6 is 15.9 Å². The third-order valence-corrected chi connectivity index (χ3v) is 3.83. The number of hydrogen-bond acceptors (Lipinski definition) is 4. The van der Waals surface area contributed by atoms with Crippen LogP contribution in [0.3, 0.4) is 0 Å². The van der Waals surface area contributed by atoms with Crippen molar-refractivity contribution < 1.29 is 0 Å². The summed E-state index contributed by atoms with van der Waals surface area (Å²) in [6.45, 7) is 0. The van der Waals surface area contributed by atoms with Crippen molar-refractivity contribution in [1.29, 1.82) is 0 Å². The molecule has 4 aromatic rings. The molecule has 4 rings (SSSR count). The van der Waals surface area contributed by atoms with Gasteiger partial charge in [-0.2, -0.15) is 0 Å². The van der Waals surface area contributed by atoms with Gasteiger partial charge in [0.15, 0.2) is 5.65 Å². The molecular weight excluding hydrogens is 318 g/mol. The zero-order chi connectivity index (χ0) is 13.5. The summed E-state index contributed by atoms with van der Waals surface area (Å²) in [4.78, 5) is 20.3. The Labute approximate surface area is 122 Å². The lowest BCUT2D eigenvalue weighted by molar-refractivity contribution is 1.20. The number of aromatic amines is 1. The van der Waals surface area contributed by atoms with Crippen LogP contribution in [0.25, 0.3) is 33.5 Å². The van der Waals surface area contributed by atoms with Crippen molar-refractivity contribution in [3.63, 3.8) is 0 Å². The fraction of sp³-hybridized carbons (Fsp3) is 0. The number of fused-ring (bicyclic) bond motifs is 2. The second kappa shape index (κ2) is 4.35. The molecule has 0 aliphatic heterocycles. The minimum Gasteiger partial charge on any atom is -0.335 e. The normalized spacial score (nSPS) is 11.2. The highest BCUT2D eigenvalue weighted by atomic mass is 79.9. The van der Waals surface area contributed by atoms with Gasteiger partial charge in [0.1, 0.15) is 17.7 Å². The van der Waals surface area contributed by atoms with Crippen LogP contribution in [0.1, 0.15) is 0 Å². The molecule has 0 atom stereocenters. The largest absolute Gasteiger partial charge is 0.335 e. The molecule has 6 heteroatoms. The van der Waals surface area contributed by atoms with Gasteiger partial charge >= 0.3 is 0 Å². The summed E-state index contributed by atoms with van der Waals surface area (Å²) < 4.78 is 1.01. The Morgan fingerprint density at radius 1 is 1.10 bits per heavy atom. The van der Waals surface area contributed by atoms with Gasteiger partial charge in [0, 0.05) is 21.6 Å². The van der Waals surface area contributed by atoms with Gasteiger partial charge < -0.3 is 4.98 Å². The third-order valence-electron chi connectivity index (χ3n) is 3.13. The van der Waals surface area contributed by atoms with E-state index in [0.29, 0.717) is 5.65 Å². The van der Waals surface area contributed by atoms with E-state index in [0.717, 1.165) is 32.3 Å². The van der Waals surface area contributed by atoms with E-state index < -0.39 is 0 Å². The topological polar surface area (TPSA) is 67.3 Å². The van der Waals surface area contributed by atoms with E-state index in [1.807, 2.05) is 24.3 Å². The van der Waals surface area contributed by atoms with E-state index in [1.54, 1.807) is 12.4 Å². The van der Waals surface area contributed by atoms with E-state index in [1.165, 1.54) is 6.33 Å². The SMILES string of the molecule is Brc1ccc(-c2nc3ncncc3[nH]2)c2ncccc12. The van der Waals surface area contributed by atoms with Crippen LogP contribution in [0, 0.1) is 0 Å². The number of hydrogen-bond donors (Lipinski definition) is 1. The van der Waals surface area contributed by atoms with Crippen LogP contribution in [0.5, 0.6) is 0 Å². The molecule has 96 valence electrons. The van der Waals surface area contributed by atoms with E-state index in [4.69, 9.17) is 0 Å². The monoisotopic (exact) mass is 325 g/mol. The Morgan fingerprint density at radius 2 is 2.05 bits per heavy atom. The van der Waals surface area contributed by atoms with Gasteiger partial charge in [-0.05, 0) is 18.2 Å². The molecule has 0 saturated heterocycles. The number of halogens is 1. The zero-order valence-corrected chi connectivity index (χ0v) is 11.8. The van der Waals surface area contributed by atoms with Crippen molar-refractivity contribution in [2.75, 3.05) is 0 Å². The van der Waals surface area contributed by atoms with Crippen molar-refractivity contribution in [3.8, 4) is 11.4 Å². The molecule has 1 N–H and O–H groups in total. The maximum Gasteiger partial charge on any atom is 0.181 e. The van der Waals surface area contributed by atoms with E-state index in [-0.39, 0.29) is 0 Å². The first-order chi connectivity index (χ1) is 9.83. The molecule has 0 spiro atoms. The zero-order valence-electron chi connectivity index (χ0n) is 10.2. The number of aromatic nitrogens is 5. The molecular formula is C14H8BrN5. The quantitative estimate of drug-likeness (QED) is 0.583. The van der Waals surface area contributed by atoms with E-state index in [9.17, 15) is 0 Å². The molecule has 0 radical (unpaired) electrons. The van der Waals surface area contributed by atoms with Gasteiger partial charge in [0.05, 0.1) is 11.7 Å². The summed E-state index contributed by atoms with van der Waals surface area (Å²) in [6, 6.07) is 7.93. The molecule has 0 unspecified atom stereocenters. The molecule has 0 aliphatic carbocycles. The number of nitrogens with zero attached hydrogens (tertiary/aromatic N) is 4. The van der Waals surface area contributed by atoms with E-state index >= 15 is 0 Å². The van der Waals surface area contributed by atoms with Crippen molar-refractivity contribution in [3.05, 3.63) is 47.5 Å². The van der Waals surface area contributed by atoms with E-state index in [2.05, 4.69) is 40.8 Å². The summed E-state index contributed by atoms with van der Waals surface area (Å²) >= 11 is 3.55. The van der Waals surface area contributed by atoms with Gasteiger partial charge in [-0.3, -0.25) is 4.98 Å². The van der Waals surface area contributed by atoms with Crippen molar-refractivity contribution in [2.45, 2.75) is 0 Å². The molecule has 0 aliphatic rings. The first-order valence-electron chi connectivity index (χ1n) is 6.02. The van der Waals surface area contributed by atoms with Crippen molar-refractivity contribution >= 4 is 38.0 Å². The number of benzene rings is 1. The highest BCUT2D eigenvalue weighted by molar-refractivity contribution is 9.10. The van der Waals surface area contributed by atoms with Gasteiger partial charge in [0.2, 0.25) is 0 Å². The molecule has 3 heterocycles. The first kappa shape index (κ1) is 11.5. The minimum absolute atomic E-state index is 0.655. The second-order valence-electron chi connectivity index (χ2n) is 4.34. The van der Waals surface area contributed by atoms with Crippen LogP contribution in [0.4, 0.5) is 0 Å². The van der Waals surface area contributed by atoms with Crippen LogP contribution < -0.4 is 0 Å². The smallest absolute Gasteiger partial charge is 0.181 e. The average molecular weight is 326 g/mol. The Bertz CT molecular complexity index is 898. The molecule has 0 amide bonds. The fourth-order valence-corrected chi connectivity index (χ4v) is 2.67. The van der Waals surface area contributed by atoms with Gasteiger partial charge in [-0.25, -0.2) is 15.0 Å². The van der Waals surface area contributed by atoms with Gasteiger partial charge in [0.25, 0.3) is 0 Å². The predicted octanol–water partition coefficient (Wildman–Crippen LogP) is 3.33. The first-order valence-corrected chi connectivity index (χ1v) is 6.81. The van der Waals surface area contributed by atoms with Crippen molar-refractivity contribution in [2.24, 2.45) is 0 Å². The number of imidazole rings is 1. The van der Waals surface area contributed by atoms with Crippen LogP contribution in [0.2, 0.25) is 0 Å². The summed E-state index contributed by atoms with van der Waals surface area (Å²) in [6.07, 6.45) is 4.99. The highest BCUT2D eigenvalue weighted by Gasteiger charge is 2.11. The number of rotatable bonds is 1. The highest BCUT2D eigenvalue weighted by Crippen LogP contribution is 2.30. The van der Waals surface area contributed by atoms with Crippen LogP contribution in [0.15, 0.2) is 47.5 Å². The third kappa shape index (κ3) is 1.69. The number of H-pyrrole nitrogens is 1. The molecule has 0 saturated carbocycles. The molecule has 5 nitrogen and oxygen atoms in total. The second-order valence-corrected chi connectivity index (χ2v) is 5.19. The van der Waals surface area contributed by atoms with Gasteiger partial charge in [-0.15, -0.1) is 0 Å². The predicted molar refractivity (Wildman–Crippen MR) is 80.1 cm³/mol. The standard InChI is InChI=1S/C14H8BrN5/c15-10-4-3-9(12-8(10)2-1-5-17-12)13-19-11-6-16-7-18-14(11)20-13/h1-7H,(H,16,18,19,20). The van der Waals surface area contributed by atoms with Gasteiger partial charge in [-0.1, -0.05) is 22.0 Å². The molecule has 20 heavy (non-hydrogen) atoms. The lowest BCUT2D eigenvalue weighted by atomic mass is 10.1. The Kier molecular flexibility index (Phi) is 2.50. The van der Waals surface area contributed by atoms with Crippen LogP contribution in [-0.4, -0.2) is 24.9 Å². The van der Waals surface area contributed by atoms with Crippen molar-refractivity contribution in [1.82, 2.24) is 24.9 Å². The van der Waals surface area contributed by atoms with Crippen LogP contribution in [-0.2, 0) is 0 Å². The fourth-order valence-electron chi connectivity index (χ4n) is 2.22. The summed E-state index contributed by atoms with van der Waals surface area (Å²) in [5.74, 6) is 0.747.